The van der Waals surface area contributed by atoms with Crippen LogP contribution in [0.1, 0.15) is 30.6 Å². The van der Waals surface area contributed by atoms with Gasteiger partial charge >= 0.3 is 12.0 Å². The Labute approximate surface area is 155 Å². The number of nitrogens with one attached hydrogen (secondary N) is 3. The lowest BCUT2D eigenvalue weighted by Gasteiger charge is -2.12. The highest BCUT2D eigenvalue weighted by atomic mass is 16.7. The summed E-state index contributed by atoms with van der Waals surface area (Å²) in [6, 6.07) is 3.85. The second kappa shape index (κ2) is 9.41. The molecule has 1 aromatic rings. The fourth-order valence-corrected chi connectivity index (χ4v) is 2.01. The van der Waals surface area contributed by atoms with E-state index in [1.54, 1.807) is 13.0 Å². The summed E-state index contributed by atoms with van der Waals surface area (Å²) in [6.07, 6.45) is 0.708. The average molecular weight is 379 g/mol. The molecular weight excluding hydrogens is 358 g/mol. The lowest BCUT2D eigenvalue weighted by Crippen LogP contribution is -2.45. The Kier molecular flexibility index (Phi) is 6.98. The van der Waals surface area contributed by atoms with E-state index in [4.69, 9.17) is 14.2 Å². The van der Waals surface area contributed by atoms with E-state index in [1.165, 1.54) is 12.1 Å². The van der Waals surface area contributed by atoms with Crippen molar-refractivity contribution in [2.24, 2.45) is 0 Å². The number of carbonyl (C=O) groups excluding carboxylic acids is 4. The zero-order valence-electron chi connectivity index (χ0n) is 15.0. The summed E-state index contributed by atoms with van der Waals surface area (Å²) in [5.74, 6) is -1.12. The van der Waals surface area contributed by atoms with Gasteiger partial charge < -0.3 is 24.8 Å². The van der Waals surface area contributed by atoms with E-state index < -0.39 is 37.0 Å². The first-order valence-corrected chi connectivity index (χ1v) is 8.32. The highest BCUT2D eigenvalue weighted by Gasteiger charge is 2.17. The lowest BCUT2D eigenvalue weighted by molar-refractivity contribution is -0.147. The van der Waals surface area contributed by atoms with Crippen LogP contribution in [0.4, 0.5) is 4.79 Å². The van der Waals surface area contributed by atoms with Gasteiger partial charge in [0.05, 0.1) is 0 Å². The maximum atomic E-state index is 12.0. The number of benzene rings is 1. The SMILES string of the molecule is CC[C@H](C)NC(=O)NC(=O)COC(=O)CNC(=O)c1ccc2c(c1)OCO2. The summed E-state index contributed by atoms with van der Waals surface area (Å²) in [5, 5.41) is 6.94. The van der Waals surface area contributed by atoms with Crippen molar-refractivity contribution < 1.29 is 33.4 Å². The number of carbonyl (C=O) groups is 4. The lowest BCUT2D eigenvalue weighted by atomic mass is 10.2. The molecule has 146 valence electrons. The quantitative estimate of drug-likeness (QED) is 0.581. The largest absolute Gasteiger partial charge is 0.454 e. The molecule has 1 heterocycles. The summed E-state index contributed by atoms with van der Waals surface area (Å²) in [7, 11) is 0. The fraction of sp³-hybridized carbons (Fsp3) is 0.412. The van der Waals surface area contributed by atoms with Crippen molar-refractivity contribution in [1.29, 1.82) is 0 Å². The Morgan fingerprint density at radius 2 is 1.93 bits per heavy atom. The van der Waals surface area contributed by atoms with Crippen molar-refractivity contribution in [2.75, 3.05) is 19.9 Å². The number of imide groups is 1. The summed E-state index contributed by atoms with van der Waals surface area (Å²) < 4.78 is 15.0. The topological polar surface area (TPSA) is 132 Å². The third kappa shape index (κ3) is 6.17. The fourth-order valence-electron chi connectivity index (χ4n) is 2.01. The Morgan fingerprint density at radius 3 is 2.67 bits per heavy atom. The molecule has 0 saturated heterocycles. The number of ether oxygens (including phenoxy) is 3. The molecule has 1 atom stereocenters. The van der Waals surface area contributed by atoms with E-state index in [1.807, 2.05) is 12.2 Å². The van der Waals surface area contributed by atoms with Crippen LogP contribution in [0.25, 0.3) is 0 Å². The van der Waals surface area contributed by atoms with Crippen molar-refractivity contribution in [3.63, 3.8) is 0 Å². The summed E-state index contributed by atoms with van der Waals surface area (Å²) in [6.45, 7) is 2.69. The maximum absolute atomic E-state index is 12.0. The van der Waals surface area contributed by atoms with Gasteiger partial charge in [-0.25, -0.2) is 4.79 Å². The van der Waals surface area contributed by atoms with Gasteiger partial charge in [0.2, 0.25) is 6.79 Å². The predicted molar refractivity (Wildman–Crippen MR) is 92.3 cm³/mol. The number of urea groups is 1. The molecule has 0 fully saturated rings. The maximum Gasteiger partial charge on any atom is 0.325 e. The minimum Gasteiger partial charge on any atom is -0.454 e. The van der Waals surface area contributed by atoms with Crippen LogP contribution in [0.5, 0.6) is 11.5 Å². The van der Waals surface area contributed by atoms with Gasteiger partial charge in [0, 0.05) is 11.6 Å². The molecular formula is C17H21N3O7. The van der Waals surface area contributed by atoms with Gasteiger partial charge in [-0.3, -0.25) is 19.7 Å². The smallest absolute Gasteiger partial charge is 0.325 e. The molecule has 4 amide bonds. The van der Waals surface area contributed by atoms with Crippen LogP contribution in [0, 0.1) is 0 Å². The molecule has 2 rings (SSSR count). The zero-order chi connectivity index (χ0) is 19.8. The molecule has 1 aliphatic rings. The van der Waals surface area contributed by atoms with Crippen LogP contribution in [0.2, 0.25) is 0 Å². The van der Waals surface area contributed by atoms with E-state index in [2.05, 4.69) is 10.6 Å². The van der Waals surface area contributed by atoms with E-state index in [-0.39, 0.29) is 18.4 Å². The number of hydrogen-bond acceptors (Lipinski definition) is 7. The van der Waals surface area contributed by atoms with E-state index in [9.17, 15) is 19.2 Å². The molecule has 0 unspecified atom stereocenters. The highest BCUT2D eigenvalue weighted by Crippen LogP contribution is 2.32. The van der Waals surface area contributed by atoms with E-state index in [0.717, 1.165) is 0 Å². The number of hydrogen-bond donors (Lipinski definition) is 3. The van der Waals surface area contributed by atoms with Gasteiger partial charge in [-0.2, -0.15) is 0 Å². The summed E-state index contributed by atoms with van der Waals surface area (Å²) in [4.78, 5) is 46.6. The van der Waals surface area contributed by atoms with Crippen LogP contribution in [-0.4, -0.2) is 49.8 Å². The van der Waals surface area contributed by atoms with Crippen LogP contribution in [-0.2, 0) is 14.3 Å². The number of amides is 4. The van der Waals surface area contributed by atoms with Gasteiger partial charge in [0.15, 0.2) is 18.1 Å². The highest BCUT2D eigenvalue weighted by molar-refractivity contribution is 5.97. The second-order valence-corrected chi connectivity index (χ2v) is 5.74. The monoisotopic (exact) mass is 379 g/mol. The molecule has 0 aromatic heterocycles. The third-order valence-electron chi connectivity index (χ3n) is 3.64. The normalized spacial score (nSPS) is 12.7. The first-order chi connectivity index (χ1) is 12.9. The Morgan fingerprint density at radius 1 is 1.19 bits per heavy atom. The van der Waals surface area contributed by atoms with Crippen molar-refractivity contribution in [1.82, 2.24) is 16.0 Å². The molecule has 0 spiro atoms. The van der Waals surface area contributed by atoms with E-state index >= 15 is 0 Å². The van der Waals surface area contributed by atoms with Gasteiger partial charge in [0.25, 0.3) is 11.8 Å². The van der Waals surface area contributed by atoms with Crippen LogP contribution >= 0.6 is 0 Å². The second-order valence-electron chi connectivity index (χ2n) is 5.74. The van der Waals surface area contributed by atoms with Crippen LogP contribution < -0.4 is 25.4 Å². The van der Waals surface area contributed by atoms with Crippen LogP contribution in [0.15, 0.2) is 18.2 Å². The van der Waals surface area contributed by atoms with Crippen molar-refractivity contribution in [3.05, 3.63) is 23.8 Å². The minimum absolute atomic E-state index is 0.0875. The average Bonchev–Trinajstić information content (AvgIpc) is 3.11. The molecule has 1 aromatic carbocycles. The van der Waals surface area contributed by atoms with Crippen molar-refractivity contribution in [3.8, 4) is 11.5 Å². The Balaban J connectivity index is 1.69. The number of fused-ring (bicyclic) bond motifs is 1. The number of rotatable bonds is 7. The number of esters is 1. The molecule has 0 saturated carbocycles. The van der Waals surface area contributed by atoms with Gasteiger partial charge in [-0.1, -0.05) is 6.92 Å². The molecule has 27 heavy (non-hydrogen) atoms. The molecule has 0 radical (unpaired) electrons. The molecule has 0 aliphatic carbocycles. The van der Waals surface area contributed by atoms with Crippen LogP contribution in [0.3, 0.4) is 0 Å². The minimum atomic E-state index is -0.818. The van der Waals surface area contributed by atoms with Crippen molar-refractivity contribution in [2.45, 2.75) is 26.3 Å². The Bertz CT molecular complexity index is 735. The first kappa shape index (κ1) is 20.0. The zero-order valence-corrected chi connectivity index (χ0v) is 15.0. The summed E-state index contributed by atoms with van der Waals surface area (Å²) in [5.41, 5.74) is 0.284. The van der Waals surface area contributed by atoms with Gasteiger partial charge in [-0.15, -0.1) is 0 Å². The Hall–Kier alpha value is -3.30. The third-order valence-corrected chi connectivity index (χ3v) is 3.64. The standard InChI is InChI=1S/C17H21N3O7/c1-3-10(2)19-17(24)20-14(21)8-25-15(22)7-18-16(23)11-4-5-12-13(6-11)27-9-26-12/h4-6,10H,3,7-9H2,1-2H3,(H,18,23)(H2,19,20,21,24)/t10-/m0/s1. The van der Waals surface area contributed by atoms with Gasteiger partial charge in [-0.05, 0) is 31.5 Å². The molecule has 10 heteroatoms. The molecule has 10 nitrogen and oxygen atoms in total. The van der Waals surface area contributed by atoms with Gasteiger partial charge in [0.1, 0.15) is 6.54 Å². The molecule has 1 aliphatic heterocycles. The van der Waals surface area contributed by atoms with Crippen molar-refractivity contribution >= 4 is 23.8 Å². The molecule has 0 bridgehead atoms. The predicted octanol–water partition coefficient (Wildman–Crippen LogP) is 0.313. The van der Waals surface area contributed by atoms with E-state index in [0.29, 0.717) is 17.9 Å². The summed E-state index contributed by atoms with van der Waals surface area (Å²) >= 11 is 0. The molecule has 3 N–H and O–H groups in total. The first-order valence-electron chi connectivity index (χ1n) is 8.32.